The molecule has 1 N–H and O–H groups in total. The monoisotopic (exact) mass is 256 g/mol. The number of aromatic nitrogens is 4. The van der Waals surface area contributed by atoms with Crippen molar-refractivity contribution in [2.24, 2.45) is 0 Å². The first-order chi connectivity index (χ1) is 8.04. The number of hydrogen-bond acceptors (Lipinski definition) is 5. The molecule has 2 aromatic rings. The highest BCUT2D eigenvalue weighted by Gasteiger charge is 2.21. The molecule has 17 heavy (non-hydrogen) atoms. The summed E-state index contributed by atoms with van der Waals surface area (Å²) in [7, 11) is 1.47. The summed E-state index contributed by atoms with van der Waals surface area (Å²) in [4.78, 5) is 18.8. The van der Waals surface area contributed by atoms with Crippen LogP contribution in [0.3, 0.4) is 0 Å². The zero-order valence-corrected chi connectivity index (χ0v) is 9.84. The van der Waals surface area contributed by atoms with E-state index in [-0.39, 0.29) is 16.6 Å². The summed E-state index contributed by atoms with van der Waals surface area (Å²) < 4.78 is 6.40. The molecule has 2 heterocycles. The average Bonchev–Trinajstić information content (AvgIpc) is 2.66. The molecule has 0 saturated carbocycles. The Morgan fingerprint density at radius 2 is 2.35 bits per heavy atom. The maximum absolute atomic E-state index is 11.1. The molecule has 0 bridgehead atoms. The maximum atomic E-state index is 11.1. The van der Waals surface area contributed by atoms with Crippen molar-refractivity contribution >= 4 is 23.3 Å². The number of carbonyl (C=O) groups is 1. The molecule has 0 aliphatic rings. The number of carboxylic acids is 1. The summed E-state index contributed by atoms with van der Waals surface area (Å²) in [6, 6.07) is 0. The van der Waals surface area contributed by atoms with Gasteiger partial charge in [0.15, 0.2) is 0 Å². The number of halogens is 1. The predicted molar refractivity (Wildman–Crippen MR) is 58.2 cm³/mol. The van der Waals surface area contributed by atoms with E-state index in [4.69, 9.17) is 21.4 Å². The second-order valence-electron chi connectivity index (χ2n) is 3.33. The molecule has 0 radical (unpaired) electrons. The molecule has 2 rings (SSSR count). The van der Waals surface area contributed by atoms with Gasteiger partial charge < -0.3 is 9.84 Å². The van der Waals surface area contributed by atoms with Crippen molar-refractivity contribution in [3.63, 3.8) is 0 Å². The first-order valence-corrected chi connectivity index (χ1v) is 5.09. The van der Waals surface area contributed by atoms with Gasteiger partial charge in [-0.25, -0.2) is 9.78 Å². The molecule has 0 spiro atoms. The van der Waals surface area contributed by atoms with E-state index in [1.165, 1.54) is 17.8 Å². The molecule has 0 amide bonds. The van der Waals surface area contributed by atoms with Gasteiger partial charge in [-0.05, 0) is 18.5 Å². The topological polar surface area (TPSA) is 89.6 Å². The first-order valence-electron chi connectivity index (χ1n) is 4.72. The van der Waals surface area contributed by atoms with E-state index >= 15 is 0 Å². The molecule has 0 fully saturated rings. The minimum absolute atomic E-state index is 0.00425. The van der Waals surface area contributed by atoms with E-state index in [0.717, 1.165) is 0 Å². The molecule has 1 atom stereocenters. The van der Waals surface area contributed by atoms with E-state index in [2.05, 4.69) is 15.1 Å². The average molecular weight is 257 g/mol. The number of fused-ring (bicyclic) bond motifs is 1. The third kappa shape index (κ3) is 1.94. The van der Waals surface area contributed by atoms with Gasteiger partial charge in [-0.1, -0.05) is 0 Å². The minimum atomic E-state index is -1.11. The van der Waals surface area contributed by atoms with Gasteiger partial charge in [-0.15, -0.1) is 5.10 Å². The summed E-state index contributed by atoms with van der Waals surface area (Å²) in [5.41, 5.74) is 0.359. The van der Waals surface area contributed by atoms with Gasteiger partial charge in [0.05, 0.1) is 11.8 Å². The molecule has 7 nitrogen and oxygen atoms in total. The van der Waals surface area contributed by atoms with Crippen LogP contribution < -0.4 is 0 Å². The summed E-state index contributed by atoms with van der Waals surface area (Å²) in [5, 5.41) is 13.0. The van der Waals surface area contributed by atoms with Crippen LogP contribution in [0, 0.1) is 0 Å². The second-order valence-corrected chi connectivity index (χ2v) is 3.67. The van der Waals surface area contributed by atoms with E-state index in [9.17, 15) is 4.79 Å². The van der Waals surface area contributed by atoms with Crippen LogP contribution in [0.25, 0.3) is 5.78 Å². The summed E-state index contributed by atoms with van der Waals surface area (Å²) in [5.74, 6) is -0.871. The number of hydrogen-bond donors (Lipinski definition) is 1. The lowest BCUT2D eigenvalue weighted by molar-refractivity contribution is 0.0678. The molecule has 90 valence electrons. The molecule has 0 aliphatic heterocycles. The van der Waals surface area contributed by atoms with Crippen LogP contribution in [0.2, 0.25) is 5.28 Å². The van der Waals surface area contributed by atoms with E-state index in [1.54, 1.807) is 6.92 Å². The molecule has 0 saturated heterocycles. The fourth-order valence-corrected chi connectivity index (χ4v) is 1.65. The van der Waals surface area contributed by atoms with Crippen molar-refractivity contribution in [1.82, 2.24) is 19.6 Å². The number of aromatic carboxylic acids is 1. The molecule has 0 aromatic carbocycles. The minimum Gasteiger partial charge on any atom is -0.478 e. The van der Waals surface area contributed by atoms with Crippen LogP contribution >= 0.6 is 11.6 Å². The lowest BCUT2D eigenvalue weighted by Crippen LogP contribution is -2.14. The van der Waals surface area contributed by atoms with Crippen LogP contribution in [0.15, 0.2) is 6.20 Å². The second kappa shape index (κ2) is 4.27. The smallest absolute Gasteiger partial charge is 0.339 e. The SMILES string of the molecule is COC(C)c1c(C(=O)O)cnc2nc(Cl)nn12. The van der Waals surface area contributed by atoms with Gasteiger partial charge in [0.2, 0.25) is 5.28 Å². The van der Waals surface area contributed by atoms with Crippen molar-refractivity contribution in [3.05, 3.63) is 22.7 Å². The van der Waals surface area contributed by atoms with Gasteiger partial charge in [-0.3, -0.25) is 0 Å². The molecule has 1 unspecified atom stereocenters. The third-order valence-electron chi connectivity index (χ3n) is 2.35. The summed E-state index contributed by atoms with van der Waals surface area (Å²) in [6.07, 6.45) is 0.748. The first kappa shape index (κ1) is 11.7. The van der Waals surface area contributed by atoms with Crippen molar-refractivity contribution in [1.29, 1.82) is 0 Å². The fraction of sp³-hybridized carbons (Fsp3) is 0.333. The Balaban J connectivity index is 2.78. The predicted octanol–water partition coefficient (Wildman–Crippen LogP) is 1.18. The quantitative estimate of drug-likeness (QED) is 0.887. The number of ether oxygens (including phenoxy) is 1. The summed E-state index contributed by atoms with van der Waals surface area (Å²) >= 11 is 5.66. The molecule has 8 heteroatoms. The zero-order chi connectivity index (χ0) is 12.6. The lowest BCUT2D eigenvalue weighted by Gasteiger charge is -2.13. The normalized spacial score (nSPS) is 12.9. The molecular formula is C9H9ClN4O3. The Morgan fingerprint density at radius 1 is 1.65 bits per heavy atom. The highest BCUT2D eigenvalue weighted by Crippen LogP contribution is 2.21. The van der Waals surface area contributed by atoms with Crippen molar-refractivity contribution in [3.8, 4) is 0 Å². The van der Waals surface area contributed by atoms with Crippen LogP contribution in [-0.4, -0.2) is 37.8 Å². The van der Waals surface area contributed by atoms with E-state index in [0.29, 0.717) is 5.69 Å². The largest absolute Gasteiger partial charge is 0.478 e. The van der Waals surface area contributed by atoms with Crippen molar-refractivity contribution in [2.75, 3.05) is 7.11 Å². The Bertz CT molecular complexity index is 583. The van der Waals surface area contributed by atoms with Crippen LogP contribution in [-0.2, 0) is 4.74 Å². The van der Waals surface area contributed by atoms with Crippen LogP contribution in [0.4, 0.5) is 0 Å². The number of rotatable bonds is 3. The number of nitrogens with zero attached hydrogens (tertiary/aromatic N) is 4. The van der Waals surface area contributed by atoms with Crippen molar-refractivity contribution in [2.45, 2.75) is 13.0 Å². The van der Waals surface area contributed by atoms with E-state index in [1.807, 2.05) is 0 Å². The maximum Gasteiger partial charge on any atom is 0.339 e. The van der Waals surface area contributed by atoms with Crippen LogP contribution in [0.5, 0.6) is 0 Å². The fourth-order valence-electron chi connectivity index (χ4n) is 1.49. The van der Waals surface area contributed by atoms with Gasteiger partial charge in [0.1, 0.15) is 5.56 Å². The van der Waals surface area contributed by atoms with Gasteiger partial charge in [0, 0.05) is 13.3 Å². The lowest BCUT2D eigenvalue weighted by atomic mass is 10.1. The van der Waals surface area contributed by atoms with E-state index < -0.39 is 12.1 Å². The van der Waals surface area contributed by atoms with Crippen LogP contribution in [0.1, 0.15) is 29.1 Å². The molecule has 0 aliphatic carbocycles. The van der Waals surface area contributed by atoms with Crippen molar-refractivity contribution < 1.29 is 14.6 Å². The standard InChI is InChI=1S/C9H9ClN4O3/c1-4(17-2)6-5(7(15)16)3-11-9-12-8(10)13-14(6)9/h3-4H,1-2H3,(H,15,16). The molecular weight excluding hydrogens is 248 g/mol. The highest BCUT2D eigenvalue weighted by atomic mass is 35.5. The van der Waals surface area contributed by atoms with Gasteiger partial charge >= 0.3 is 5.97 Å². The zero-order valence-electron chi connectivity index (χ0n) is 9.09. The Morgan fingerprint density at radius 3 is 2.94 bits per heavy atom. The summed E-state index contributed by atoms with van der Waals surface area (Å²) in [6.45, 7) is 1.71. The molecule has 2 aromatic heterocycles. The van der Waals surface area contributed by atoms with Gasteiger partial charge in [-0.2, -0.15) is 9.50 Å². The Kier molecular flexibility index (Phi) is 2.95. The third-order valence-corrected chi connectivity index (χ3v) is 2.51. The van der Waals surface area contributed by atoms with Gasteiger partial charge in [0.25, 0.3) is 5.78 Å². The number of methoxy groups -OCH3 is 1. The highest BCUT2D eigenvalue weighted by molar-refractivity contribution is 6.28. The number of carboxylic acid groups (broad SMARTS) is 1. The Labute approximate surface area is 101 Å². The Hall–Kier alpha value is -1.73.